The molecule has 164 valence electrons. The standard InChI is InChI=1S/C20H18F4N4O2S/c1-11(29)26-16(8-12-2-4-13(10-25)5-3-12)19-28-27-18(31-19)14-6-7-15(21)17(9-14)30-20(22,23)24/h2-7,9,16H,8,10,25H2,1H3,(H,26,29). The molecule has 0 aliphatic heterocycles. The van der Waals surface area contributed by atoms with Crippen molar-refractivity contribution in [3.8, 4) is 16.3 Å². The van der Waals surface area contributed by atoms with E-state index in [9.17, 15) is 22.4 Å². The Hall–Kier alpha value is -3.05. The molecule has 3 N–H and O–H groups in total. The lowest BCUT2D eigenvalue weighted by Crippen LogP contribution is -2.27. The maximum Gasteiger partial charge on any atom is 0.573 e. The van der Waals surface area contributed by atoms with Gasteiger partial charge in [-0.1, -0.05) is 35.6 Å². The minimum atomic E-state index is -5.03. The number of aromatic nitrogens is 2. The number of benzene rings is 2. The van der Waals surface area contributed by atoms with E-state index in [1.54, 1.807) is 0 Å². The van der Waals surface area contributed by atoms with Crippen molar-refractivity contribution in [2.45, 2.75) is 32.3 Å². The van der Waals surface area contributed by atoms with E-state index in [0.29, 0.717) is 18.0 Å². The van der Waals surface area contributed by atoms with Gasteiger partial charge in [-0.3, -0.25) is 4.79 Å². The number of carbonyl (C=O) groups is 1. The Labute approximate surface area is 179 Å². The van der Waals surface area contributed by atoms with Crippen LogP contribution < -0.4 is 15.8 Å². The third kappa shape index (κ3) is 6.22. The van der Waals surface area contributed by atoms with E-state index in [1.165, 1.54) is 13.0 Å². The zero-order valence-electron chi connectivity index (χ0n) is 16.2. The summed E-state index contributed by atoms with van der Waals surface area (Å²) >= 11 is 1.08. The Balaban J connectivity index is 1.86. The van der Waals surface area contributed by atoms with Crippen molar-refractivity contribution in [3.05, 3.63) is 64.4 Å². The molecule has 1 amide bonds. The molecule has 0 saturated heterocycles. The van der Waals surface area contributed by atoms with Gasteiger partial charge < -0.3 is 15.8 Å². The van der Waals surface area contributed by atoms with E-state index in [-0.39, 0.29) is 16.5 Å². The highest BCUT2D eigenvalue weighted by atomic mass is 32.1. The predicted molar refractivity (Wildman–Crippen MR) is 107 cm³/mol. The summed E-state index contributed by atoms with van der Waals surface area (Å²) in [5, 5.41) is 11.6. The number of ether oxygens (including phenoxy) is 1. The molecule has 3 rings (SSSR count). The van der Waals surface area contributed by atoms with Crippen molar-refractivity contribution in [2.24, 2.45) is 5.73 Å². The molecule has 1 aromatic heterocycles. The number of nitrogens with one attached hydrogen (secondary N) is 1. The summed E-state index contributed by atoms with van der Waals surface area (Å²) in [6.45, 7) is 1.78. The van der Waals surface area contributed by atoms with Crippen LogP contribution in [-0.4, -0.2) is 22.5 Å². The van der Waals surface area contributed by atoms with Gasteiger partial charge in [0, 0.05) is 19.0 Å². The fraction of sp³-hybridized carbons (Fsp3) is 0.250. The van der Waals surface area contributed by atoms with Gasteiger partial charge >= 0.3 is 6.36 Å². The van der Waals surface area contributed by atoms with Gasteiger partial charge in [0.05, 0.1) is 6.04 Å². The maximum absolute atomic E-state index is 13.7. The third-order valence-corrected chi connectivity index (χ3v) is 5.30. The summed E-state index contributed by atoms with van der Waals surface area (Å²) in [6, 6.07) is 10.1. The molecule has 0 aliphatic rings. The predicted octanol–water partition coefficient (Wildman–Crippen LogP) is 4.12. The number of hydrogen-bond donors (Lipinski definition) is 2. The van der Waals surface area contributed by atoms with Gasteiger partial charge in [-0.25, -0.2) is 4.39 Å². The second-order valence-corrected chi connectivity index (χ2v) is 7.63. The lowest BCUT2D eigenvalue weighted by Gasteiger charge is -2.15. The van der Waals surface area contributed by atoms with Crippen LogP contribution in [0.4, 0.5) is 17.6 Å². The van der Waals surface area contributed by atoms with Crippen molar-refractivity contribution in [2.75, 3.05) is 0 Å². The molecule has 1 unspecified atom stereocenters. The Bertz CT molecular complexity index is 1050. The van der Waals surface area contributed by atoms with Crippen molar-refractivity contribution in [1.29, 1.82) is 0 Å². The summed E-state index contributed by atoms with van der Waals surface area (Å²) in [6.07, 6.45) is -4.60. The second-order valence-electron chi connectivity index (χ2n) is 6.62. The molecule has 0 saturated carbocycles. The minimum Gasteiger partial charge on any atom is -0.403 e. The average Bonchev–Trinajstić information content (AvgIpc) is 3.18. The van der Waals surface area contributed by atoms with Gasteiger partial charge in [-0.05, 0) is 35.7 Å². The first kappa shape index (κ1) is 22.6. The zero-order valence-corrected chi connectivity index (χ0v) is 17.1. The molecule has 0 radical (unpaired) electrons. The summed E-state index contributed by atoms with van der Waals surface area (Å²) < 4.78 is 54.8. The van der Waals surface area contributed by atoms with Crippen molar-refractivity contribution in [1.82, 2.24) is 15.5 Å². The van der Waals surface area contributed by atoms with Crippen LogP contribution in [0.5, 0.6) is 5.75 Å². The van der Waals surface area contributed by atoms with Gasteiger partial charge in [-0.2, -0.15) is 0 Å². The summed E-state index contributed by atoms with van der Waals surface area (Å²) in [7, 11) is 0. The zero-order chi connectivity index (χ0) is 22.6. The topological polar surface area (TPSA) is 90.1 Å². The number of hydrogen-bond acceptors (Lipinski definition) is 6. The highest BCUT2D eigenvalue weighted by Gasteiger charge is 2.32. The van der Waals surface area contributed by atoms with Crippen molar-refractivity contribution in [3.63, 3.8) is 0 Å². The van der Waals surface area contributed by atoms with Crippen LogP contribution in [0.3, 0.4) is 0 Å². The minimum absolute atomic E-state index is 0.207. The van der Waals surface area contributed by atoms with Crippen LogP contribution in [0.2, 0.25) is 0 Å². The van der Waals surface area contributed by atoms with E-state index in [1.807, 2.05) is 24.3 Å². The fourth-order valence-electron chi connectivity index (χ4n) is 2.82. The number of halogens is 4. The number of nitrogens with two attached hydrogens (primary N) is 1. The fourth-order valence-corrected chi connectivity index (χ4v) is 3.71. The molecular weight excluding hydrogens is 436 g/mol. The maximum atomic E-state index is 13.7. The molecule has 11 heteroatoms. The van der Waals surface area contributed by atoms with Crippen LogP contribution in [0, 0.1) is 5.82 Å². The molecule has 6 nitrogen and oxygen atoms in total. The Morgan fingerprint density at radius 2 is 1.84 bits per heavy atom. The van der Waals surface area contributed by atoms with Gasteiger partial charge in [0.15, 0.2) is 11.6 Å². The Kier molecular flexibility index (Phi) is 6.86. The Morgan fingerprint density at radius 1 is 1.16 bits per heavy atom. The van der Waals surface area contributed by atoms with Crippen LogP contribution in [0.15, 0.2) is 42.5 Å². The quantitative estimate of drug-likeness (QED) is 0.524. The van der Waals surface area contributed by atoms with Gasteiger partial charge in [-0.15, -0.1) is 23.4 Å². The summed E-state index contributed by atoms with van der Waals surface area (Å²) in [5.41, 5.74) is 7.70. The highest BCUT2D eigenvalue weighted by molar-refractivity contribution is 7.14. The lowest BCUT2D eigenvalue weighted by atomic mass is 10.0. The molecule has 1 heterocycles. The van der Waals surface area contributed by atoms with Crippen LogP contribution in [0.1, 0.15) is 29.1 Å². The first-order valence-electron chi connectivity index (χ1n) is 9.08. The smallest absolute Gasteiger partial charge is 0.403 e. The van der Waals surface area contributed by atoms with Gasteiger partial charge in [0.2, 0.25) is 5.91 Å². The van der Waals surface area contributed by atoms with E-state index >= 15 is 0 Å². The second kappa shape index (κ2) is 9.40. The molecule has 0 aliphatic carbocycles. The monoisotopic (exact) mass is 454 g/mol. The molecule has 1 atom stereocenters. The molecule has 3 aromatic rings. The average molecular weight is 454 g/mol. The summed E-state index contributed by atoms with van der Waals surface area (Å²) in [5.74, 6) is -2.38. The van der Waals surface area contributed by atoms with Crippen LogP contribution in [0.25, 0.3) is 10.6 Å². The van der Waals surface area contributed by atoms with Crippen LogP contribution >= 0.6 is 11.3 Å². The molecule has 2 aromatic carbocycles. The number of rotatable bonds is 7. The van der Waals surface area contributed by atoms with E-state index in [2.05, 4.69) is 20.3 Å². The number of carbonyl (C=O) groups excluding carboxylic acids is 1. The van der Waals surface area contributed by atoms with Gasteiger partial charge in [0.25, 0.3) is 0 Å². The van der Waals surface area contributed by atoms with Crippen molar-refractivity contribution < 1.29 is 27.1 Å². The van der Waals surface area contributed by atoms with E-state index in [0.717, 1.165) is 34.6 Å². The lowest BCUT2D eigenvalue weighted by molar-refractivity contribution is -0.275. The number of amides is 1. The molecule has 0 fully saturated rings. The third-order valence-electron chi connectivity index (χ3n) is 4.22. The summed E-state index contributed by atoms with van der Waals surface area (Å²) in [4.78, 5) is 11.7. The van der Waals surface area contributed by atoms with Crippen molar-refractivity contribution >= 4 is 17.2 Å². The van der Waals surface area contributed by atoms with Crippen LogP contribution in [-0.2, 0) is 17.8 Å². The van der Waals surface area contributed by atoms with E-state index < -0.39 is 24.0 Å². The van der Waals surface area contributed by atoms with E-state index in [4.69, 9.17) is 5.73 Å². The van der Waals surface area contributed by atoms with Gasteiger partial charge in [0.1, 0.15) is 10.0 Å². The molecule has 0 spiro atoms. The molecule has 31 heavy (non-hydrogen) atoms. The number of alkyl halides is 3. The largest absolute Gasteiger partial charge is 0.573 e. The first-order valence-corrected chi connectivity index (χ1v) is 9.90. The highest BCUT2D eigenvalue weighted by Crippen LogP contribution is 2.33. The SMILES string of the molecule is CC(=O)NC(Cc1ccc(CN)cc1)c1nnc(-c2ccc(F)c(OC(F)(F)F)c2)s1. The molecule has 0 bridgehead atoms. The molecular formula is C20H18F4N4O2S. The first-order chi connectivity index (χ1) is 14.6. The number of nitrogens with zero attached hydrogens (tertiary/aromatic N) is 2. The normalized spacial score (nSPS) is 12.5. The Morgan fingerprint density at radius 3 is 2.45 bits per heavy atom.